The van der Waals surface area contributed by atoms with Crippen LogP contribution in [0.4, 0.5) is 11.4 Å². The summed E-state index contributed by atoms with van der Waals surface area (Å²) < 4.78 is 3.30. The number of hydrogen-bond donors (Lipinski definition) is 1. The van der Waals surface area contributed by atoms with Crippen molar-refractivity contribution in [3.05, 3.63) is 140 Å². The third kappa shape index (κ3) is 5.45. The Hall–Kier alpha value is -3.99. The number of hydrogen-bond acceptors (Lipinski definition) is 5. The Kier molecular flexibility index (Phi) is 7.85. The molecule has 1 N–H and O–H groups in total. The molecule has 2 aromatic heterocycles. The van der Waals surface area contributed by atoms with Gasteiger partial charge >= 0.3 is 0 Å². The molecule has 0 bridgehead atoms. The Bertz CT molecular complexity index is 1780. The molecule has 0 radical (unpaired) electrons. The Balaban J connectivity index is 1.37. The molecule has 1 aliphatic rings. The quantitative estimate of drug-likeness (QED) is 0.107. The Morgan fingerprint density at radius 3 is 2.29 bits per heavy atom. The fraction of sp³-hybridized carbons (Fsp3) is 0.125. The van der Waals surface area contributed by atoms with E-state index >= 15 is 0 Å². The monoisotopic (exact) mass is 655 g/mol. The van der Waals surface area contributed by atoms with Crippen LogP contribution in [0.2, 0.25) is 0 Å². The third-order valence-electron chi connectivity index (χ3n) is 7.35. The number of nitro groups is 1. The predicted octanol–water partition coefficient (Wildman–Crippen LogP) is 8.49. The smallest absolute Gasteiger partial charge is 0.269 e. The van der Waals surface area contributed by atoms with Gasteiger partial charge in [-0.2, -0.15) is 0 Å². The number of aryl methyl sites for hydroxylation is 1. The van der Waals surface area contributed by atoms with Gasteiger partial charge in [0, 0.05) is 55.4 Å². The number of benzene rings is 3. The van der Waals surface area contributed by atoms with Crippen LogP contribution in [0.3, 0.4) is 0 Å². The van der Waals surface area contributed by atoms with Crippen molar-refractivity contribution in [2.75, 3.05) is 4.90 Å². The van der Waals surface area contributed by atoms with E-state index in [1.165, 1.54) is 17.7 Å². The van der Waals surface area contributed by atoms with Crippen molar-refractivity contribution in [3.8, 4) is 5.69 Å². The van der Waals surface area contributed by atoms with Gasteiger partial charge in [0.2, 0.25) is 0 Å². The van der Waals surface area contributed by atoms with E-state index in [0.29, 0.717) is 5.11 Å². The van der Waals surface area contributed by atoms with Crippen molar-refractivity contribution in [2.45, 2.75) is 35.7 Å². The van der Waals surface area contributed by atoms with E-state index in [9.17, 15) is 10.1 Å². The van der Waals surface area contributed by atoms with E-state index in [1.54, 1.807) is 23.9 Å². The van der Waals surface area contributed by atoms with Gasteiger partial charge in [-0.15, -0.1) is 0 Å². The van der Waals surface area contributed by atoms with Crippen LogP contribution in [-0.2, 0) is 0 Å². The number of nitro benzene ring substituents is 1. The van der Waals surface area contributed by atoms with E-state index in [2.05, 4.69) is 87.0 Å². The summed E-state index contributed by atoms with van der Waals surface area (Å²) in [5, 5.41) is 15.2. The maximum absolute atomic E-state index is 11.0. The maximum Gasteiger partial charge on any atom is 0.269 e. The van der Waals surface area contributed by atoms with Gasteiger partial charge in [0.1, 0.15) is 0 Å². The standard InChI is InChI=1S/C32H26BrN5O2S2/c1-20-18-28(21(2)36(20)25-7-5-6-22(33)19-25)31-30(29-8-3-4-17-34-29)35-32(41)37(31)23-9-13-26(14-10-23)42-27-15-11-24(12-16-27)38(39)40/h3-19,30-31H,1-2H3,(H,35,41)/t30-,31-/m1/s1. The summed E-state index contributed by atoms with van der Waals surface area (Å²) in [7, 11) is 0. The van der Waals surface area contributed by atoms with E-state index in [-0.39, 0.29) is 22.7 Å². The average molecular weight is 657 g/mol. The molecule has 1 aliphatic heterocycles. The molecule has 210 valence electrons. The zero-order valence-electron chi connectivity index (χ0n) is 22.8. The lowest BCUT2D eigenvalue weighted by Crippen LogP contribution is -2.29. The fourth-order valence-corrected chi connectivity index (χ4v) is 7.04. The van der Waals surface area contributed by atoms with Gasteiger partial charge in [0.15, 0.2) is 5.11 Å². The Morgan fingerprint density at radius 1 is 0.929 bits per heavy atom. The summed E-state index contributed by atoms with van der Waals surface area (Å²) in [6, 6.07) is 31.1. The third-order valence-corrected chi connectivity index (χ3v) is 9.18. The lowest BCUT2D eigenvalue weighted by atomic mass is 9.96. The SMILES string of the molecule is Cc1cc([C@@H]2[C@@H](c3ccccn3)NC(=S)N2c2ccc(Sc3ccc([N+](=O)[O-])cc3)cc2)c(C)n1-c1cccc(Br)c1. The van der Waals surface area contributed by atoms with Crippen LogP contribution in [0.5, 0.6) is 0 Å². The molecule has 10 heteroatoms. The predicted molar refractivity (Wildman–Crippen MR) is 175 cm³/mol. The minimum absolute atomic E-state index is 0.0810. The number of aromatic nitrogens is 2. The lowest BCUT2D eigenvalue weighted by molar-refractivity contribution is -0.384. The molecule has 1 saturated heterocycles. The van der Waals surface area contributed by atoms with Crippen molar-refractivity contribution in [1.29, 1.82) is 0 Å². The summed E-state index contributed by atoms with van der Waals surface area (Å²) in [6.07, 6.45) is 1.81. The van der Waals surface area contributed by atoms with Crippen LogP contribution >= 0.6 is 39.9 Å². The topological polar surface area (TPSA) is 76.2 Å². The van der Waals surface area contributed by atoms with E-state index < -0.39 is 0 Å². The summed E-state index contributed by atoms with van der Waals surface area (Å²) in [6.45, 7) is 4.28. The molecule has 2 atom stereocenters. The molecule has 1 fully saturated rings. The second-order valence-corrected chi connectivity index (χ2v) is 12.4. The second kappa shape index (κ2) is 11.7. The number of halogens is 1. The average Bonchev–Trinajstić information content (AvgIpc) is 3.48. The van der Waals surface area contributed by atoms with Gasteiger partial charge in [-0.05, 0) is 104 Å². The zero-order valence-corrected chi connectivity index (χ0v) is 26.0. The van der Waals surface area contributed by atoms with E-state index in [0.717, 1.165) is 42.7 Å². The first-order valence-corrected chi connectivity index (χ1v) is 15.3. The summed E-state index contributed by atoms with van der Waals surface area (Å²) in [4.78, 5) is 19.4. The van der Waals surface area contributed by atoms with Crippen LogP contribution in [0, 0.1) is 24.0 Å². The summed E-state index contributed by atoms with van der Waals surface area (Å²) in [5.74, 6) is 0. The Labute approximate surface area is 261 Å². The molecular formula is C32H26BrN5O2S2. The highest BCUT2D eigenvalue weighted by Crippen LogP contribution is 2.44. The number of thiocarbonyl (C=S) groups is 1. The normalized spacial score (nSPS) is 16.5. The number of anilines is 1. The lowest BCUT2D eigenvalue weighted by Gasteiger charge is -2.28. The molecule has 0 unspecified atom stereocenters. The molecule has 5 aromatic rings. The largest absolute Gasteiger partial charge is 0.351 e. The summed E-state index contributed by atoms with van der Waals surface area (Å²) >= 11 is 11.1. The number of nitrogens with zero attached hydrogens (tertiary/aromatic N) is 4. The van der Waals surface area contributed by atoms with E-state index in [1.807, 2.05) is 36.5 Å². The van der Waals surface area contributed by atoms with Gasteiger partial charge < -0.3 is 14.8 Å². The number of rotatable bonds is 7. The molecule has 3 heterocycles. The van der Waals surface area contributed by atoms with Gasteiger partial charge in [-0.1, -0.05) is 39.8 Å². The van der Waals surface area contributed by atoms with Crippen molar-refractivity contribution >= 4 is 56.4 Å². The minimum atomic E-state index is -0.388. The highest BCUT2D eigenvalue weighted by molar-refractivity contribution is 9.10. The van der Waals surface area contributed by atoms with Crippen LogP contribution in [0.15, 0.2) is 118 Å². The highest BCUT2D eigenvalue weighted by atomic mass is 79.9. The molecule has 0 amide bonds. The van der Waals surface area contributed by atoms with Gasteiger partial charge in [-0.25, -0.2) is 0 Å². The molecular weight excluding hydrogens is 630 g/mol. The highest BCUT2D eigenvalue weighted by Gasteiger charge is 2.42. The number of non-ortho nitro benzene ring substituents is 1. The van der Waals surface area contributed by atoms with Crippen molar-refractivity contribution in [2.24, 2.45) is 0 Å². The first-order chi connectivity index (χ1) is 20.3. The van der Waals surface area contributed by atoms with Crippen LogP contribution in [0.1, 0.15) is 34.7 Å². The van der Waals surface area contributed by atoms with Crippen molar-refractivity contribution in [3.63, 3.8) is 0 Å². The molecule has 42 heavy (non-hydrogen) atoms. The molecule has 0 spiro atoms. The number of nitrogens with one attached hydrogen (secondary N) is 1. The first-order valence-electron chi connectivity index (χ1n) is 13.3. The number of pyridine rings is 1. The van der Waals surface area contributed by atoms with Crippen molar-refractivity contribution < 1.29 is 4.92 Å². The van der Waals surface area contributed by atoms with E-state index in [4.69, 9.17) is 17.2 Å². The second-order valence-electron chi connectivity index (χ2n) is 9.99. The molecule has 7 nitrogen and oxygen atoms in total. The van der Waals surface area contributed by atoms with Crippen LogP contribution < -0.4 is 10.2 Å². The van der Waals surface area contributed by atoms with Crippen molar-refractivity contribution in [1.82, 2.24) is 14.9 Å². The van der Waals surface area contributed by atoms with Gasteiger partial charge in [0.25, 0.3) is 5.69 Å². The zero-order chi connectivity index (χ0) is 29.4. The molecule has 6 rings (SSSR count). The molecule has 0 aliphatic carbocycles. The summed E-state index contributed by atoms with van der Waals surface area (Å²) in [5.41, 5.74) is 6.50. The first kappa shape index (κ1) is 28.1. The van der Waals surface area contributed by atoms with Gasteiger partial charge in [-0.3, -0.25) is 15.1 Å². The molecule has 0 saturated carbocycles. The van der Waals surface area contributed by atoms with Crippen LogP contribution in [0.25, 0.3) is 5.69 Å². The minimum Gasteiger partial charge on any atom is -0.351 e. The fourth-order valence-electron chi connectivity index (χ4n) is 5.50. The molecule has 3 aromatic carbocycles. The van der Waals surface area contributed by atoms with Gasteiger partial charge in [0.05, 0.1) is 22.7 Å². The van der Waals surface area contributed by atoms with Crippen LogP contribution in [-0.4, -0.2) is 19.6 Å². The Morgan fingerprint density at radius 2 is 1.64 bits per heavy atom. The maximum atomic E-state index is 11.0.